The van der Waals surface area contributed by atoms with Crippen LogP contribution in [0.2, 0.25) is 10.0 Å². The number of nitrogens with one attached hydrogen (secondary N) is 2. The van der Waals surface area contributed by atoms with E-state index in [1.165, 1.54) is 24.3 Å². The summed E-state index contributed by atoms with van der Waals surface area (Å²) < 4.78 is 22.4. The molecule has 26 heavy (non-hydrogen) atoms. The van der Waals surface area contributed by atoms with Crippen LogP contribution in [0.5, 0.6) is 0 Å². The number of nitrogens with zero attached hydrogens (tertiary/aromatic N) is 1. The van der Waals surface area contributed by atoms with Crippen molar-refractivity contribution in [3.05, 3.63) is 52.0 Å². The van der Waals surface area contributed by atoms with Gasteiger partial charge in [0.15, 0.2) is 10.7 Å². The first kappa shape index (κ1) is 20.0. The van der Waals surface area contributed by atoms with Crippen LogP contribution >= 0.6 is 23.2 Å². The molecular weight excluding hydrogens is 397 g/mol. The summed E-state index contributed by atoms with van der Waals surface area (Å²) in [6.07, 6.45) is 0. The summed E-state index contributed by atoms with van der Waals surface area (Å²) in [4.78, 5) is 12.5. The van der Waals surface area contributed by atoms with E-state index >= 15 is 0 Å². The third kappa shape index (κ3) is 4.67. The molecule has 0 atom stereocenters. The molecule has 2 rings (SSSR count). The Morgan fingerprint density at radius 3 is 2.31 bits per heavy atom. The summed E-state index contributed by atoms with van der Waals surface area (Å²) in [5, 5.41) is 14.9. The summed E-state index contributed by atoms with van der Waals surface area (Å²) >= 11 is 11.8. The standard InChI is InChI=1S/C17H15Cl2N3O3S/c1-17(2,22-12-5-6-13(18)15(8-12)26(24)25)16(23)21-11-4-3-10(9-20)14(19)7-11/h3-8,22,26H,1-2H3,(H,21,23). The van der Waals surface area contributed by atoms with Gasteiger partial charge in [-0.25, -0.2) is 8.42 Å². The van der Waals surface area contributed by atoms with Crippen LogP contribution in [0.3, 0.4) is 0 Å². The Kier molecular flexibility index (Phi) is 6.13. The van der Waals surface area contributed by atoms with E-state index in [2.05, 4.69) is 10.6 Å². The number of rotatable bonds is 5. The lowest BCUT2D eigenvalue weighted by Gasteiger charge is -2.26. The summed E-state index contributed by atoms with van der Waals surface area (Å²) in [5.41, 5.74) is 0.109. The van der Waals surface area contributed by atoms with Gasteiger partial charge in [0.2, 0.25) is 5.91 Å². The van der Waals surface area contributed by atoms with Gasteiger partial charge in [-0.2, -0.15) is 5.26 Å². The minimum atomic E-state index is -2.85. The first-order chi connectivity index (χ1) is 12.1. The van der Waals surface area contributed by atoms with E-state index in [0.29, 0.717) is 16.9 Å². The molecule has 136 valence electrons. The smallest absolute Gasteiger partial charge is 0.249 e. The Morgan fingerprint density at radius 1 is 1.08 bits per heavy atom. The Balaban J connectivity index is 2.19. The second-order valence-electron chi connectivity index (χ2n) is 5.93. The number of hydrogen-bond acceptors (Lipinski definition) is 5. The van der Waals surface area contributed by atoms with Crippen LogP contribution in [-0.4, -0.2) is 19.9 Å². The zero-order valence-corrected chi connectivity index (χ0v) is 16.2. The van der Waals surface area contributed by atoms with Crippen molar-refractivity contribution in [3.63, 3.8) is 0 Å². The summed E-state index contributed by atoms with van der Waals surface area (Å²) in [6.45, 7) is 3.28. The van der Waals surface area contributed by atoms with E-state index in [0.717, 1.165) is 0 Å². The summed E-state index contributed by atoms with van der Waals surface area (Å²) in [5.74, 6) is -0.374. The van der Waals surface area contributed by atoms with E-state index in [9.17, 15) is 13.2 Å². The van der Waals surface area contributed by atoms with E-state index in [1.807, 2.05) is 6.07 Å². The molecule has 0 fully saturated rings. The highest BCUT2D eigenvalue weighted by Crippen LogP contribution is 2.25. The SMILES string of the molecule is CC(C)(Nc1ccc(Cl)c([SH](=O)=O)c1)C(=O)Nc1ccc(C#N)c(Cl)c1. The van der Waals surface area contributed by atoms with Crippen LogP contribution in [0, 0.1) is 11.3 Å². The topological polar surface area (TPSA) is 99.1 Å². The zero-order chi connectivity index (χ0) is 19.5. The Morgan fingerprint density at radius 2 is 1.73 bits per heavy atom. The van der Waals surface area contributed by atoms with Gasteiger partial charge in [0.05, 0.1) is 20.5 Å². The lowest BCUT2D eigenvalue weighted by molar-refractivity contribution is -0.119. The summed E-state index contributed by atoms with van der Waals surface area (Å²) in [7, 11) is -2.85. The monoisotopic (exact) mass is 411 g/mol. The molecule has 2 aromatic rings. The number of hydrogen-bond donors (Lipinski definition) is 3. The van der Waals surface area contributed by atoms with Crippen molar-refractivity contribution in [1.82, 2.24) is 0 Å². The van der Waals surface area contributed by atoms with E-state index in [1.54, 1.807) is 26.0 Å². The molecule has 6 nitrogen and oxygen atoms in total. The van der Waals surface area contributed by atoms with E-state index in [-0.39, 0.29) is 20.8 Å². The Bertz CT molecular complexity index is 974. The highest BCUT2D eigenvalue weighted by molar-refractivity contribution is 7.72. The van der Waals surface area contributed by atoms with Crippen LogP contribution in [0.4, 0.5) is 11.4 Å². The van der Waals surface area contributed by atoms with Crippen molar-refractivity contribution in [3.8, 4) is 6.07 Å². The molecule has 0 aliphatic heterocycles. The van der Waals surface area contributed by atoms with Gasteiger partial charge in [0.1, 0.15) is 11.6 Å². The number of nitriles is 1. The van der Waals surface area contributed by atoms with Crippen molar-refractivity contribution in [2.45, 2.75) is 24.3 Å². The van der Waals surface area contributed by atoms with Crippen LogP contribution in [0.1, 0.15) is 19.4 Å². The maximum Gasteiger partial charge on any atom is 0.249 e. The predicted octanol–water partition coefficient (Wildman–Crippen LogP) is 3.66. The van der Waals surface area contributed by atoms with Gasteiger partial charge < -0.3 is 10.6 Å². The van der Waals surface area contributed by atoms with Crippen LogP contribution < -0.4 is 10.6 Å². The fraction of sp³-hybridized carbons (Fsp3) is 0.176. The largest absolute Gasteiger partial charge is 0.372 e. The van der Waals surface area contributed by atoms with Gasteiger partial charge in [-0.15, -0.1) is 0 Å². The molecule has 0 unspecified atom stereocenters. The molecule has 0 aliphatic rings. The van der Waals surface area contributed by atoms with Crippen molar-refractivity contribution in [2.75, 3.05) is 10.6 Å². The number of carbonyl (C=O) groups is 1. The van der Waals surface area contributed by atoms with Gasteiger partial charge in [-0.3, -0.25) is 4.79 Å². The molecule has 0 saturated carbocycles. The van der Waals surface area contributed by atoms with Crippen molar-refractivity contribution in [1.29, 1.82) is 5.26 Å². The number of halogens is 2. The van der Waals surface area contributed by atoms with Crippen LogP contribution in [0.15, 0.2) is 41.3 Å². The molecule has 0 heterocycles. The number of thiol groups is 1. The lowest BCUT2D eigenvalue weighted by atomic mass is 10.0. The second kappa shape index (κ2) is 7.96. The van der Waals surface area contributed by atoms with Crippen LogP contribution in [-0.2, 0) is 15.5 Å². The van der Waals surface area contributed by atoms with Gasteiger partial charge >= 0.3 is 0 Å². The molecule has 0 saturated heterocycles. The van der Waals surface area contributed by atoms with Gasteiger partial charge in [-0.1, -0.05) is 23.2 Å². The lowest BCUT2D eigenvalue weighted by Crippen LogP contribution is -2.44. The number of benzene rings is 2. The quantitative estimate of drug-likeness (QED) is 0.651. The fourth-order valence-electron chi connectivity index (χ4n) is 2.12. The maximum atomic E-state index is 12.6. The van der Waals surface area contributed by atoms with Crippen molar-refractivity contribution >= 4 is 51.2 Å². The molecule has 2 aromatic carbocycles. The first-order valence-corrected chi connectivity index (χ1v) is 9.30. The highest BCUT2D eigenvalue weighted by atomic mass is 35.5. The van der Waals surface area contributed by atoms with E-state index < -0.39 is 16.2 Å². The molecule has 2 N–H and O–H groups in total. The molecule has 0 radical (unpaired) electrons. The maximum absolute atomic E-state index is 12.6. The third-order valence-corrected chi connectivity index (χ3v) is 5.05. The van der Waals surface area contributed by atoms with Gasteiger partial charge in [-0.05, 0) is 50.2 Å². The number of anilines is 2. The Hall–Kier alpha value is -2.27. The second-order valence-corrected chi connectivity index (χ2v) is 7.74. The van der Waals surface area contributed by atoms with Gasteiger partial charge in [0.25, 0.3) is 0 Å². The average molecular weight is 412 g/mol. The summed E-state index contributed by atoms with van der Waals surface area (Å²) in [6, 6.07) is 10.9. The van der Waals surface area contributed by atoms with Crippen LogP contribution in [0.25, 0.3) is 0 Å². The molecule has 1 amide bonds. The number of carbonyl (C=O) groups excluding carboxylic acids is 1. The molecule has 0 aromatic heterocycles. The zero-order valence-electron chi connectivity index (χ0n) is 13.8. The highest BCUT2D eigenvalue weighted by Gasteiger charge is 2.28. The predicted molar refractivity (Wildman–Crippen MR) is 103 cm³/mol. The first-order valence-electron chi connectivity index (χ1n) is 7.37. The minimum Gasteiger partial charge on any atom is -0.372 e. The fourth-order valence-corrected chi connectivity index (χ4v) is 3.16. The van der Waals surface area contributed by atoms with Crippen molar-refractivity contribution in [2.24, 2.45) is 0 Å². The molecular formula is C17H15Cl2N3O3S. The molecule has 9 heteroatoms. The third-order valence-electron chi connectivity index (χ3n) is 3.51. The average Bonchev–Trinajstić information content (AvgIpc) is 2.56. The molecule has 0 bridgehead atoms. The molecule has 0 spiro atoms. The van der Waals surface area contributed by atoms with Crippen molar-refractivity contribution < 1.29 is 13.2 Å². The van der Waals surface area contributed by atoms with E-state index in [4.69, 9.17) is 28.5 Å². The van der Waals surface area contributed by atoms with Gasteiger partial charge in [0, 0.05) is 11.4 Å². The minimum absolute atomic E-state index is 0.0262. The number of amides is 1. The normalized spacial score (nSPS) is 11.1. The molecule has 0 aliphatic carbocycles. The Labute approximate surface area is 162 Å².